The maximum Gasteiger partial charge on any atom is 0.297 e. The maximum atomic E-state index is 11.9. The summed E-state index contributed by atoms with van der Waals surface area (Å²) in [5.74, 6) is 0. The summed E-state index contributed by atoms with van der Waals surface area (Å²) in [6.45, 7) is 1.92. The fourth-order valence-corrected chi connectivity index (χ4v) is 2.92. The molecule has 1 aromatic carbocycles. The van der Waals surface area contributed by atoms with Gasteiger partial charge in [-0.2, -0.15) is 8.42 Å². The van der Waals surface area contributed by atoms with E-state index >= 15 is 0 Å². The van der Waals surface area contributed by atoms with Gasteiger partial charge in [0, 0.05) is 6.04 Å². The number of rotatable bonds is 4. The summed E-state index contributed by atoms with van der Waals surface area (Å²) in [5.41, 5.74) is 1.03. The Labute approximate surface area is 102 Å². The zero-order chi connectivity index (χ0) is 12.5. The normalized spacial score (nSPS) is 24.4. The summed E-state index contributed by atoms with van der Waals surface area (Å²) in [6.07, 6.45) is 1.32. The van der Waals surface area contributed by atoms with Gasteiger partial charge in [-0.3, -0.25) is 4.18 Å². The largest absolute Gasteiger partial charge is 0.317 e. The third-order valence-electron chi connectivity index (χ3n) is 3.08. The van der Waals surface area contributed by atoms with Crippen LogP contribution in [0.15, 0.2) is 29.2 Å². The number of nitrogens with one attached hydrogen (secondary N) is 1. The molecule has 1 aromatic rings. The minimum atomic E-state index is -3.60. The van der Waals surface area contributed by atoms with Crippen molar-refractivity contribution in [1.82, 2.24) is 5.32 Å². The van der Waals surface area contributed by atoms with Gasteiger partial charge in [0.05, 0.1) is 11.0 Å². The third-order valence-corrected chi connectivity index (χ3v) is 4.45. The van der Waals surface area contributed by atoms with Gasteiger partial charge in [-0.1, -0.05) is 17.7 Å². The smallest absolute Gasteiger partial charge is 0.297 e. The highest BCUT2D eigenvalue weighted by Gasteiger charge is 2.33. The molecule has 4 nitrogen and oxygen atoms in total. The first-order chi connectivity index (χ1) is 8.01. The van der Waals surface area contributed by atoms with Crippen molar-refractivity contribution in [3.8, 4) is 0 Å². The Morgan fingerprint density at radius 1 is 1.24 bits per heavy atom. The van der Waals surface area contributed by atoms with E-state index in [0.717, 1.165) is 18.4 Å². The molecule has 1 N–H and O–H groups in total. The van der Waals surface area contributed by atoms with Gasteiger partial charge in [-0.05, 0) is 38.9 Å². The molecular formula is C12H17NO3S. The molecule has 0 radical (unpaired) electrons. The van der Waals surface area contributed by atoms with Crippen LogP contribution in [0.2, 0.25) is 0 Å². The Morgan fingerprint density at radius 3 is 2.35 bits per heavy atom. The molecule has 0 unspecified atom stereocenters. The van der Waals surface area contributed by atoms with Gasteiger partial charge in [0.2, 0.25) is 0 Å². The molecule has 0 saturated heterocycles. The second kappa shape index (κ2) is 4.76. The Morgan fingerprint density at radius 2 is 1.82 bits per heavy atom. The van der Waals surface area contributed by atoms with Crippen LogP contribution in [0.4, 0.5) is 0 Å². The van der Waals surface area contributed by atoms with Crippen molar-refractivity contribution in [3.05, 3.63) is 29.8 Å². The summed E-state index contributed by atoms with van der Waals surface area (Å²) >= 11 is 0. The molecule has 94 valence electrons. The molecule has 1 fully saturated rings. The van der Waals surface area contributed by atoms with E-state index in [1.807, 2.05) is 14.0 Å². The van der Waals surface area contributed by atoms with Crippen molar-refractivity contribution in [1.29, 1.82) is 0 Å². The van der Waals surface area contributed by atoms with Gasteiger partial charge < -0.3 is 5.32 Å². The topological polar surface area (TPSA) is 55.4 Å². The lowest BCUT2D eigenvalue weighted by atomic mass is 9.90. The standard InChI is InChI=1S/C12H17NO3S/c1-9-3-5-12(6-4-9)17(14,15)16-11-7-10(8-11)13-2/h3-6,10-11,13H,7-8H2,1-2H3. The van der Waals surface area contributed by atoms with Crippen LogP contribution in [-0.2, 0) is 14.3 Å². The SMILES string of the molecule is CNC1CC(OS(=O)(=O)c2ccc(C)cc2)C1. The quantitative estimate of drug-likeness (QED) is 0.827. The molecule has 17 heavy (non-hydrogen) atoms. The van der Waals surface area contributed by atoms with Crippen LogP contribution in [0, 0.1) is 6.92 Å². The molecule has 0 aromatic heterocycles. The van der Waals surface area contributed by atoms with Crippen LogP contribution in [0.1, 0.15) is 18.4 Å². The van der Waals surface area contributed by atoms with Gasteiger partial charge in [0.25, 0.3) is 10.1 Å². The molecule has 1 aliphatic rings. The summed E-state index contributed by atoms with van der Waals surface area (Å²) in [6, 6.07) is 7.09. The Balaban J connectivity index is 2.02. The van der Waals surface area contributed by atoms with E-state index in [2.05, 4.69) is 5.32 Å². The predicted octanol–water partition coefficient (Wildman–Crippen LogP) is 1.45. The molecule has 0 aliphatic heterocycles. The van der Waals surface area contributed by atoms with Crippen molar-refractivity contribution in [2.45, 2.75) is 36.8 Å². The number of hydrogen-bond acceptors (Lipinski definition) is 4. The van der Waals surface area contributed by atoms with E-state index in [4.69, 9.17) is 4.18 Å². The van der Waals surface area contributed by atoms with Crippen molar-refractivity contribution in [2.24, 2.45) is 0 Å². The minimum absolute atomic E-state index is 0.182. The molecule has 5 heteroatoms. The minimum Gasteiger partial charge on any atom is -0.317 e. The molecule has 0 heterocycles. The lowest BCUT2D eigenvalue weighted by Crippen LogP contribution is -2.44. The van der Waals surface area contributed by atoms with E-state index in [0.29, 0.717) is 6.04 Å². The maximum absolute atomic E-state index is 11.9. The number of benzene rings is 1. The lowest BCUT2D eigenvalue weighted by molar-refractivity contribution is 0.0949. The Hall–Kier alpha value is -0.910. The fourth-order valence-electron chi connectivity index (χ4n) is 1.82. The monoisotopic (exact) mass is 255 g/mol. The van der Waals surface area contributed by atoms with Crippen LogP contribution in [0.5, 0.6) is 0 Å². The average molecular weight is 255 g/mol. The summed E-state index contributed by atoms with van der Waals surface area (Å²) in [5, 5.41) is 3.09. The van der Waals surface area contributed by atoms with Crippen LogP contribution in [0.25, 0.3) is 0 Å². The highest BCUT2D eigenvalue weighted by atomic mass is 32.2. The molecule has 1 saturated carbocycles. The third kappa shape index (κ3) is 2.86. The Bertz CT molecular complexity index is 475. The van der Waals surface area contributed by atoms with Gasteiger partial charge in [-0.15, -0.1) is 0 Å². The van der Waals surface area contributed by atoms with Crippen LogP contribution in [0.3, 0.4) is 0 Å². The average Bonchev–Trinajstić information content (AvgIpc) is 2.23. The van der Waals surface area contributed by atoms with Crippen LogP contribution in [-0.4, -0.2) is 27.6 Å². The van der Waals surface area contributed by atoms with Gasteiger partial charge >= 0.3 is 0 Å². The summed E-state index contributed by atoms with van der Waals surface area (Å²) < 4.78 is 29.0. The summed E-state index contributed by atoms with van der Waals surface area (Å²) in [4.78, 5) is 0.232. The predicted molar refractivity (Wildman–Crippen MR) is 65.3 cm³/mol. The van der Waals surface area contributed by atoms with E-state index < -0.39 is 10.1 Å². The first-order valence-corrected chi connectivity index (χ1v) is 7.09. The van der Waals surface area contributed by atoms with Crippen molar-refractivity contribution < 1.29 is 12.6 Å². The van der Waals surface area contributed by atoms with Crippen LogP contribution >= 0.6 is 0 Å². The second-order valence-electron chi connectivity index (χ2n) is 4.44. The molecule has 0 atom stereocenters. The molecule has 0 spiro atoms. The van der Waals surface area contributed by atoms with Crippen molar-refractivity contribution in [2.75, 3.05) is 7.05 Å². The molecule has 0 amide bonds. The van der Waals surface area contributed by atoms with Gasteiger partial charge in [0.15, 0.2) is 0 Å². The first-order valence-electron chi connectivity index (χ1n) is 5.68. The molecule has 2 rings (SSSR count). The summed E-state index contributed by atoms with van der Waals surface area (Å²) in [7, 11) is -1.73. The number of aryl methyl sites for hydroxylation is 1. The van der Waals surface area contributed by atoms with E-state index in [1.165, 1.54) is 0 Å². The molecular weight excluding hydrogens is 238 g/mol. The number of hydrogen-bond donors (Lipinski definition) is 1. The second-order valence-corrected chi connectivity index (χ2v) is 6.01. The van der Waals surface area contributed by atoms with Crippen LogP contribution < -0.4 is 5.32 Å². The zero-order valence-corrected chi connectivity index (χ0v) is 10.8. The Kier molecular flexibility index (Phi) is 3.51. The van der Waals surface area contributed by atoms with E-state index in [1.54, 1.807) is 24.3 Å². The first kappa shape index (κ1) is 12.5. The lowest BCUT2D eigenvalue weighted by Gasteiger charge is -2.33. The highest BCUT2D eigenvalue weighted by molar-refractivity contribution is 7.86. The molecule has 1 aliphatic carbocycles. The zero-order valence-electron chi connectivity index (χ0n) is 10.0. The van der Waals surface area contributed by atoms with Crippen molar-refractivity contribution >= 4 is 10.1 Å². The fraction of sp³-hybridized carbons (Fsp3) is 0.500. The molecule has 0 bridgehead atoms. The highest BCUT2D eigenvalue weighted by Crippen LogP contribution is 2.27. The van der Waals surface area contributed by atoms with Crippen molar-refractivity contribution in [3.63, 3.8) is 0 Å². The van der Waals surface area contributed by atoms with Gasteiger partial charge in [0.1, 0.15) is 0 Å². The van der Waals surface area contributed by atoms with E-state index in [9.17, 15) is 8.42 Å². The van der Waals surface area contributed by atoms with Gasteiger partial charge in [-0.25, -0.2) is 0 Å². The van der Waals surface area contributed by atoms with E-state index in [-0.39, 0.29) is 11.0 Å².